The number of hydrogen-bond donors (Lipinski definition) is 1. The number of carbonyl (C=O) groups excluding carboxylic acids is 1. The van der Waals surface area contributed by atoms with Crippen LogP contribution < -0.4 is 9.47 Å². The van der Waals surface area contributed by atoms with Crippen molar-refractivity contribution >= 4 is 17.3 Å². The molecule has 0 fully saturated rings. The molecular weight excluding hydrogens is 378 g/mol. The number of thiophene rings is 1. The first kappa shape index (κ1) is 20.6. The number of nitrogens with zero attached hydrogens (tertiary/aromatic N) is 1. The SMILES string of the molecule is CCCC(=O)OCC(O)CN(Cc1ccc2c(c1)OCO2)Cc1ccc(C)s1. The fraction of sp³-hybridized carbons (Fsp3) is 0.476. The summed E-state index contributed by atoms with van der Waals surface area (Å²) < 4.78 is 16.0. The first-order chi connectivity index (χ1) is 13.5. The van der Waals surface area contributed by atoms with Gasteiger partial charge in [-0.1, -0.05) is 13.0 Å². The Labute approximate surface area is 169 Å². The van der Waals surface area contributed by atoms with E-state index in [-0.39, 0.29) is 19.4 Å². The number of esters is 1. The van der Waals surface area contributed by atoms with E-state index in [0.717, 1.165) is 23.5 Å². The van der Waals surface area contributed by atoms with Crippen molar-refractivity contribution in [1.82, 2.24) is 4.90 Å². The van der Waals surface area contributed by atoms with Crippen LogP contribution in [0.1, 0.15) is 35.1 Å². The Bertz CT molecular complexity index is 791. The van der Waals surface area contributed by atoms with Gasteiger partial charge in [-0.15, -0.1) is 11.3 Å². The summed E-state index contributed by atoms with van der Waals surface area (Å²) in [5.74, 6) is 1.24. The first-order valence-electron chi connectivity index (χ1n) is 9.53. The highest BCUT2D eigenvalue weighted by molar-refractivity contribution is 7.11. The van der Waals surface area contributed by atoms with Crippen LogP contribution >= 0.6 is 11.3 Å². The summed E-state index contributed by atoms with van der Waals surface area (Å²) in [6.45, 7) is 6.04. The number of aryl methyl sites for hydroxylation is 1. The predicted molar refractivity (Wildman–Crippen MR) is 108 cm³/mol. The maximum absolute atomic E-state index is 11.6. The van der Waals surface area contributed by atoms with Crippen LogP contribution in [0.3, 0.4) is 0 Å². The van der Waals surface area contributed by atoms with Gasteiger partial charge in [-0.3, -0.25) is 9.69 Å². The summed E-state index contributed by atoms with van der Waals surface area (Å²) >= 11 is 1.75. The molecular formula is C21H27NO5S. The Kier molecular flexibility index (Phi) is 7.30. The second-order valence-corrected chi connectivity index (χ2v) is 8.33. The number of fused-ring (bicyclic) bond motifs is 1. The average molecular weight is 406 g/mol. The summed E-state index contributed by atoms with van der Waals surface area (Å²) in [6.07, 6.45) is 0.376. The fourth-order valence-electron chi connectivity index (χ4n) is 3.09. The van der Waals surface area contributed by atoms with Crippen LogP contribution in [0.4, 0.5) is 0 Å². The van der Waals surface area contributed by atoms with E-state index in [1.807, 2.05) is 25.1 Å². The van der Waals surface area contributed by atoms with Gasteiger partial charge in [-0.25, -0.2) is 0 Å². The minimum absolute atomic E-state index is 0.0138. The van der Waals surface area contributed by atoms with E-state index < -0.39 is 6.10 Å². The van der Waals surface area contributed by atoms with Gasteiger partial charge in [0.15, 0.2) is 11.5 Å². The van der Waals surface area contributed by atoms with E-state index in [9.17, 15) is 9.90 Å². The molecule has 152 valence electrons. The number of benzene rings is 1. The number of ether oxygens (including phenoxy) is 3. The Morgan fingerprint density at radius 2 is 2.07 bits per heavy atom. The number of hydrogen-bond acceptors (Lipinski definition) is 7. The molecule has 2 aromatic rings. The van der Waals surface area contributed by atoms with Gasteiger partial charge in [-0.2, -0.15) is 0 Å². The van der Waals surface area contributed by atoms with E-state index in [1.165, 1.54) is 9.75 Å². The molecule has 1 unspecified atom stereocenters. The van der Waals surface area contributed by atoms with Gasteiger partial charge < -0.3 is 19.3 Å². The molecule has 1 atom stereocenters. The van der Waals surface area contributed by atoms with Crippen molar-refractivity contribution in [2.75, 3.05) is 19.9 Å². The smallest absolute Gasteiger partial charge is 0.305 e. The lowest BCUT2D eigenvalue weighted by Crippen LogP contribution is -2.34. The molecule has 1 aliphatic rings. The Hall–Kier alpha value is -2.09. The summed E-state index contributed by atoms with van der Waals surface area (Å²) in [4.78, 5) is 16.2. The summed E-state index contributed by atoms with van der Waals surface area (Å²) in [5.41, 5.74) is 1.08. The van der Waals surface area contributed by atoms with Crippen molar-refractivity contribution < 1.29 is 24.1 Å². The molecule has 2 heterocycles. The van der Waals surface area contributed by atoms with Crippen molar-refractivity contribution in [3.05, 3.63) is 45.6 Å². The molecule has 0 aliphatic carbocycles. The van der Waals surface area contributed by atoms with Crippen LogP contribution in [0.5, 0.6) is 11.5 Å². The van der Waals surface area contributed by atoms with Crippen LogP contribution in [0.25, 0.3) is 0 Å². The fourth-order valence-corrected chi connectivity index (χ4v) is 4.02. The second kappa shape index (κ2) is 9.91. The third-order valence-corrected chi connectivity index (χ3v) is 5.36. The van der Waals surface area contributed by atoms with Gasteiger partial charge in [0.05, 0.1) is 0 Å². The molecule has 0 saturated heterocycles. The van der Waals surface area contributed by atoms with Crippen molar-refractivity contribution in [2.24, 2.45) is 0 Å². The zero-order valence-corrected chi connectivity index (χ0v) is 17.2. The van der Waals surface area contributed by atoms with Gasteiger partial charge >= 0.3 is 5.97 Å². The highest BCUT2D eigenvalue weighted by atomic mass is 32.1. The van der Waals surface area contributed by atoms with Crippen LogP contribution in [0, 0.1) is 6.92 Å². The molecule has 1 aromatic carbocycles. The number of rotatable bonds is 10. The molecule has 7 heteroatoms. The lowest BCUT2D eigenvalue weighted by Gasteiger charge is -2.24. The largest absolute Gasteiger partial charge is 0.463 e. The van der Waals surface area contributed by atoms with E-state index in [1.54, 1.807) is 11.3 Å². The number of aliphatic hydroxyl groups is 1. The second-order valence-electron chi connectivity index (χ2n) is 6.96. The maximum Gasteiger partial charge on any atom is 0.305 e. The van der Waals surface area contributed by atoms with Crippen LogP contribution in [-0.2, 0) is 22.6 Å². The van der Waals surface area contributed by atoms with E-state index in [0.29, 0.717) is 26.1 Å². The maximum atomic E-state index is 11.6. The average Bonchev–Trinajstić information content (AvgIpc) is 3.28. The van der Waals surface area contributed by atoms with Crippen molar-refractivity contribution in [3.63, 3.8) is 0 Å². The van der Waals surface area contributed by atoms with E-state index in [4.69, 9.17) is 14.2 Å². The monoisotopic (exact) mass is 405 g/mol. The third-order valence-electron chi connectivity index (χ3n) is 4.38. The molecule has 0 radical (unpaired) electrons. The van der Waals surface area contributed by atoms with Crippen molar-refractivity contribution in [3.8, 4) is 11.5 Å². The van der Waals surface area contributed by atoms with Gasteiger partial charge in [0.1, 0.15) is 12.7 Å². The molecule has 0 amide bonds. The Morgan fingerprint density at radius 1 is 1.25 bits per heavy atom. The van der Waals surface area contributed by atoms with E-state index >= 15 is 0 Å². The lowest BCUT2D eigenvalue weighted by atomic mass is 10.1. The van der Waals surface area contributed by atoms with Crippen LogP contribution in [0.2, 0.25) is 0 Å². The normalized spacial score (nSPS) is 13.7. The van der Waals surface area contributed by atoms with Crippen LogP contribution in [0.15, 0.2) is 30.3 Å². The van der Waals surface area contributed by atoms with Crippen molar-refractivity contribution in [2.45, 2.75) is 45.9 Å². The Balaban J connectivity index is 1.63. The summed E-state index contributed by atoms with van der Waals surface area (Å²) in [6, 6.07) is 10.1. The van der Waals surface area contributed by atoms with E-state index in [2.05, 4.69) is 24.0 Å². The first-order valence-corrected chi connectivity index (χ1v) is 10.3. The highest BCUT2D eigenvalue weighted by Crippen LogP contribution is 2.33. The molecule has 0 saturated carbocycles. The molecule has 1 aliphatic heterocycles. The van der Waals surface area contributed by atoms with Crippen LogP contribution in [-0.4, -0.2) is 42.0 Å². The van der Waals surface area contributed by atoms with Gasteiger partial charge in [0.25, 0.3) is 0 Å². The predicted octanol–water partition coefficient (Wildman–Crippen LogP) is 3.49. The molecule has 0 spiro atoms. The third kappa shape index (κ3) is 5.95. The highest BCUT2D eigenvalue weighted by Gasteiger charge is 2.18. The molecule has 1 aromatic heterocycles. The molecule has 6 nitrogen and oxygen atoms in total. The van der Waals surface area contributed by atoms with Gasteiger partial charge in [-0.05, 0) is 43.2 Å². The van der Waals surface area contributed by atoms with Gasteiger partial charge in [0, 0.05) is 35.8 Å². The molecule has 1 N–H and O–H groups in total. The van der Waals surface area contributed by atoms with Crippen molar-refractivity contribution in [1.29, 1.82) is 0 Å². The zero-order chi connectivity index (χ0) is 19.9. The topological polar surface area (TPSA) is 68.2 Å². The summed E-state index contributed by atoms with van der Waals surface area (Å²) in [7, 11) is 0. The minimum Gasteiger partial charge on any atom is -0.463 e. The standard InChI is InChI=1S/C21H27NO5S/c1-3-4-21(24)25-13-17(23)11-22(12-18-7-5-15(2)28-18)10-16-6-8-19-20(9-16)27-14-26-19/h5-9,17,23H,3-4,10-14H2,1-2H3. The molecule has 3 rings (SSSR count). The molecule has 0 bridgehead atoms. The lowest BCUT2D eigenvalue weighted by molar-refractivity contribution is -0.147. The number of aliphatic hydroxyl groups excluding tert-OH is 1. The molecule has 28 heavy (non-hydrogen) atoms. The van der Waals surface area contributed by atoms with Gasteiger partial charge in [0.2, 0.25) is 6.79 Å². The summed E-state index contributed by atoms with van der Waals surface area (Å²) in [5, 5.41) is 10.4. The zero-order valence-electron chi connectivity index (χ0n) is 16.3. The number of carbonyl (C=O) groups is 1. The Morgan fingerprint density at radius 3 is 2.82 bits per heavy atom. The minimum atomic E-state index is -0.740. The quantitative estimate of drug-likeness (QED) is 0.611.